The fourth-order valence-electron chi connectivity index (χ4n) is 1.64. The number of aromatic nitrogens is 2. The van der Waals surface area contributed by atoms with Crippen LogP contribution in [0.25, 0.3) is 11.3 Å². The summed E-state index contributed by atoms with van der Waals surface area (Å²) in [7, 11) is 2.87. The number of nitrogens with zero attached hydrogens (tertiary/aromatic N) is 1. The van der Waals surface area contributed by atoms with Crippen LogP contribution in [0.2, 0.25) is 0 Å². The van der Waals surface area contributed by atoms with Crippen molar-refractivity contribution in [3.8, 4) is 17.0 Å². The summed E-state index contributed by atoms with van der Waals surface area (Å²) in [6.07, 6.45) is 0. The summed E-state index contributed by atoms with van der Waals surface area (Å²) in [4.78, 5) is 33.8. The zero-order valence-electron chi connectivity index (χ0n) is 11.0. The minimum absolute atomic E-state index is 0.0673. The third-order valence-electron chi connectivity index (χ3n) is 2.57. The third kappa shape index (κ3) is 3.01. The normalized spacial score (nSPS) is 10.1. The van der Waals surface area contributed by atoms with Crippen LogP contribution in [0, 0.1) is 0 Å². The van der Waals surface area contributed by atoms with Crippen LogP contribution in [0.3, 0.4) is 0 Å². The van der Waals surface area contributed by atoms with Gasteiger partial charge >= 0.3 is 5.69 Å². The first-order valence-corrected chi connectivity index (χ1v) is 5.73. The van der Waals surface area contributed by atoms with E-state index in [-0.39, 0.29) is 5.69 Å². The molecule has 1 heterocycles. The highest BCUT2D eigenvalue weighted by Gasteiger charge is 2.10. The maximum atomic E-state index is 11.6. The van der Waals surface area contributed by atoms with Gasteiger partial charge in [0, 0.05) is 5.56 Å². The summed E-state index contributed by atoms with van der Waals surface area (Å²) in [5.41, 5.74) is 2.67. The van der Waals surface area contributed by atoms with E-state index in [0.717, 1.165) is 0 Å². The maximum absolute atomic E-state index is 11.6. The molecule has 7 heteroatoms. The minimum Gasteiger partial charge on any atom is -0.497 e. The summed E-state index contributed by atoms with van der Waals surface area (Å²) in [6, 6.07) is 8.45. The molecule has 1 amide bonds. The highest BCUT2D eigenvalue weighted by Crippen LogP contribution is 2.19. The van der Waals surface area contributed by atoms with Gasteiger partial charge in [-0.1, -0.05) is 0 Å². The predicted octanol–water partition coefficient (Wildman–Crippen LogP) is 0.737. The minimum atomic E-state index is -0.612. The Labute approximate surface area is 114 Å². The molecule has 0 saturated heterocycles. The van der Waals surface area contributed by atoms with E-state index >= 15 is 0 Å². The van der Waals surface area contributed by atoms with Crippen molar-refractivity contribution in [1.29, 1.82) is 0 Å². The van der Waals surface area contributed by atoms with Gasteiger partial charge in [0.05, 0.1) is 19.9 Å². The van der Waals surface area contributed by atoms with Gasteiger partial charge in [-0.05, 0) is 30.3 Å². The lowest BCUT2D eigenvalue weighted by Gasteiger charge is -2.05. The van der Waals surface area contributed by atoms with Crippen LogP contribution in [0.1, 0.15) is 10.5 Å². The predicted molar refractivity (Wildman–Crippen MR) is 71.3 cm³/mol. The van der Waals surface area contributed by atoms with Crippen LogP contribution in [0.4, 0.5) is 0 Å². The third-order valence-corrected chi connectivity index (χ3v) is 2.57. The van der Waals surface area contributed by atoms with Crippen LogP contribution in [0.5, 0.6) is 5.75 Å². The lowest BCUT2D eigenvalue weighted by Crippen LogP contribution is -2.26. The van der Waals surface area contributed by atoms with Crippen molar-refractivity contribution in [2.75, 3.05) is 14.2 Å². The monoisotopic (exact) mass is 275 g/mol. The number of hydroxylamine groups is 1. The molecular weight excluding hydrogens is 262 g/mol. The summed E-state index contributed by atoms with van der Waals surface area (Å²) >= 11 is 0. The van der Waals surface area contributed by atoms with Crippen molar-refractivity contribution in [3.63, 3.8) is 0 Å². The molecule has 1 aromatic carbocycles. The highest BCUT2D eigenvalue weighted by molar-refractivity contribution is 5.92. The summed E-state index contributed by atoms with van der Waals surface area (Å²) in [5.74, 6) is 0.137. The summed E-state index contributed by atoms with van der Waals surface area (Å²) in [5, 5.41) is 0. The summed E-state index contributed by atoms with van der Waals surface area (Å²) < 4.78 is 5.05. The zero-order chi connectivity index (χ0) is 14.5. The van der Waals surface area contributed by atoms with Crippen LogP contribution in [0.15, 0.2) is 35.1 Å². The van der Waals surface area contributed by atoms with E-state index in [1.54, 1.807) is 31.4 Å². The van der Waals surface area contributed by atoms with Crippen molar-refractivity contribution >= 4 is 5.91 Å². The Bertz CT molecular complexity index is 664. The number of amides is 1. The largest absolute Gasteiger partial charge is 0.497 e. The standard InChI is InChI=1S/C13H13N3O4/c1-19-9-5-3-8(4-6-9)10-7-11(12(17)16-20-2)15-13(18)14-10/h3-7H,1-2H3,(H,16,17)(H,14,15,18). The van der Waals surface area contributed by atoms with Crippen molar-refractivity contribution in [3.05, 3.63) is 46.5 Å². The maximum Gasteiger partial charge on any atom is 0.346 e. The van der Waals surface area contributed by atoms with E-state index in [2.05, 4.69) is 20.3 Å². The van der Waals surface area contributed by atoms with E-state index < -0.39 is 11.6 Å². The Morgan fingerprint density at radius 3 is 2.55 bits per heavy atom. The number of H-pyrrole nitrogens is 1. The first kappa shape index (κ1) is 13.8. The van der Waals surface area contributed by atoms with Crippen LogP contribution < -0.4 is 15.9 Å². The van der Waals surface area contributed by atoms with Crippen molar-refractivity contribution in [2.45, 2.75) is 0 Å². The van der Waals surface area contributed by atoms with Gasteiger partial charge < -0.3 is 9.72 Å². The fourth-order valence-corrected chi connectivity index (χ4v) is 1.64. The van der Waals surface area contributed by atoms with Gasteiger partial charge in [0.25, 0.3) is 5.91 Å². The lowest BCUT2D eigenvalue weighted by molar-refractivity contribution is 0.0532. The Balaban J connectivity index is 2.40. The number of methoxy groups -OCH3 is 1. The fraction of sp³-hybridized carbons (Fsp3) is 0.154. The first-order valence-electron chi connectivity index (χ1n) is 5.73. The molecule has 2 rings (SSSR count). The molecule has 0 aliphatic rings. The van der Waals surface area contributed by atoms with Gasteiger partial charge in [-0.15, -0.1) is 0 Å². The number of ether oxygens (including phenoxy) is 1. The Morgan fingerprint density at radius 2 is 1.95 bits per heavy atom. The van der Waals surface area contributed by atoms with E-state index in [1.165, 1.54) is 13.2 Å². The van der Waals surface area contributed by atoms with Gasteiger partial charge in [-0.2, -0.15) is 4.98 Å². The lowest BCUT2D eigenvalue weighted by atomic mass is 10.1. The Hall–Kier alpha value is -2.67. The Morgan fingerprint density at radius 1 is 1.25 bits per heavy atom. The summed E-state index contributed by atoms with van der Waals surface area (Å²) in [6.45, 7) is 0. The molecule has 0 spiro atoms. The average Bonchev–Trinajstić information content (AvgIpc) is 2.47. The van der Waals surface area contributed by atoms with Crippen molar-refractivity contribution in [2.24, 2.45) is 0 Å². The molecule has 0 bridgehead atoms. The van der Waals surface area contributed by atoms with Crippen molar-refractivity contribution in [1.82, 2.24) is 15.4 Å². The molecule has 1 aromatic heterocycles. The van der Waals surface area contributed by atoms with Gasteiger partial charge in [0.15, 0.2) is 0 Å². The van der Waals surface area contributed by atoms with E-state index in [0.29, 0.717) is 17.0 Å². The molecule has 0 radical (unpaired) electrons. The number of benzene rings is 1. The molecule has 0 fully saturated rings. The quantitative estimate of drug-likeness (QED) is 0.803. The van der Waals surface area contributed by atoms with Crippen LogP contribution in [-0.2, 0) is 4.84 Å². The van der Waals surface area contributed by atoms with Gasteiger partial charge in [-0.25, -0.2) is 10.3 Å². The number of hydrogen-bond acceptors (Lipinski definition) is 5. The molecule has 0 aliphatic heterocycles. The van der Waals surface area contributed by atoms with Crippen LogP contribution >= 0.6 is 0 Å². The van der Waals surface area contributed by atoms with Crippen molar-refractivity contribution < 1.29 is 14.4 Å². The SMILES string of the molecule is CONC(=O)c1cc(-c2ccc(OC)cc2)nc(=O)[nH]1. The highest BCUT2D eigenvalue weighted by atomic mass is 16.6. The van der Waals surface area contributed by atoms with Gasteiger partial charge in [-0.3, -0.25) is 9.63 Å². The zero-order valence-corrected chi connectivity index (χ0v) is 11.0. The van der Waals surface area contributed by atoms with E-state index in [9.17, 15) is 9.59 Å². The second-order valence-electron chi connectivity index (χ2n) is 3.85. The molecule has 2 aromatic rings. The number of aromatic amines is 1. The van der Waals surface area contributed by atoms with E-state index in [1.807, 2.05) is 0 Å². The second kappa shape index (κ2) is 5.98. The first-order chi connectivity index (χ1) is 9.63. The smallest absolute Gasteiger partial charge is 0.346 e. The second-order valence-corrected chi connectivity index (χ2v) is 3.85. The van der Waals surface area contributed by atoms with Gasteiger partial charge in [0.2, 0.25) is 0 Å². The molecule has 104 valence electrons. The number of carbonyl (C=O) groups is 1. The van der Waals surface area contributed by atoms with E-state index in [4.69, 9.17) is 4.74 Å². The Kier molecular flexibility index (Phi) is 4.11. The molecule has 0 aliphatic carbocycles. The number of nitrogens with one attached hydrogen (secondary N) is 2. The number of carbonyl (C=O) groups excluding carboxylic acids is 1. The number of rotatable bonds is 4. The topological polar surface area (TPSA) is 93.3 Å². The molecule has 0 unspecified atom stereocenters. The van der Waals surface area contributed by atoms with Crippen LogP contribution in [-0.4, -0.2) is 30.1 Å². The molecule has 7 nitrogen and oxygen atoms in total. The molecule has 0 saturated carbocycles. The number of hydrogen-bond donors (Lipinski definition) is 2. The molecule has 2 N–H and O–H groups in total. The molecular formula is C13H13N3O4. The molecule has 0 atom stereocenters. The molecule has 20 heavy (non-hydrogen) atoms. The average molecular weight is 275 g/mol. The van der Waals surface area contributed by atoms with Gasteiger partial charge in [0.1, 0.15) is 11.4 Å².